The lowest BCUT2D eigenvalue weighted by Gasteiger charge is -2.24. The molecule has 0 aliphatic carbocycles. The molecule has 1 aromatic carbocycles. The number of benzene rings is 1. The van der Waals surface area contributed by atoms with E-state index in [1.54, 1.807) is 0 Å². The predicted octanol–water partition coefficient (Wildman–Crippen LogP) is 3.03. The van der Waals surface area contributed by atoms with Crippen LogP contribution in [-0.4, -0.2) is 31.3 Å². The minimum atomic E-state index is 0.210. The third kappa shape index (κ3) is 6.40. The molecule has 1 aromatic rings. The highest BCUT2D eigenvalue weighted by atomic mass is 16.3. The van der Waals surface area contributed by atoms with Gasteiger partial charge in [-0.1, -0.05) is 39.3 Å². The SMILES string of the molecule is CCCCN(CCO)c1ccc(CNCC(C)C)cc1. The number of aliphatic hydroxyl groups is 1. The number of nitrogens with zero attached hydrogens (tertiary/aromatic N) is 1. The molecule has 3 nitrogen and oxygen atoms in total. The molecule has 114 valence electrons. The first-order chi connectivity index (χ1) is 9.67. The van der Waals surface area contributed by atoms with Crippen molar-refractivity contribution in [2.75, 3.05) is 31.1 Å². The fraction of sp³-hybridized carbons (Fsp3) is 0.647. The van der Waals surface area contributed by atoms with Gasteiger partial charge in [-0.25, -0.2) is 0 Å². The zero-order valence-corrected chi connectivity index (χ0v) is 13.2. The first-order valence-corrected chi connectivity index (χ1v) is 7.82. The summed E-state index contributed by atoms with van der Waals surface area (Å²) in [7, 11) is 0. The second kappa shape index (κ2) is 9.78. The lowest BCUT2D eigenvalue weighted by atomic mass is 10.1. The maximum absolute atomic E-state index is 9.17. The Morgan fingerprint density at radius 1 is 1.15 bits per heavy atom. The fourth-order valence-electron chi connectivity index (χ4n) is 2.17. The van der Waals surface area contributed by atoms with Crippen molar-refractivity contribution in [2.45, 2.75) is 40.2 Å². The van der Waals surface area contributed by atoms with E-state index in [1.807, 2.05) is 0 Å². The smallest absolute Gasteiger partial charge is 0.0606 e. The number of hydrogen-bond acceptors (Lipinski definition) is 3. The molecule has 1 rings (SSSR count). The normalized spacial score (nSPS) is 11.1. The van der Waals surface area contributed by atoms with Crippen molar-refractivity contribution in [1.29, 1.82) is 0 Å². The molecule has 0 fully saturated rings. The van der Waals surface area contributed by atoms with E-state index in [4.69, 9.17) is 5.11 Å². The van der Waals surface area contributed by atoms with Gasteiger partial charge in [-0.2, -0.15) is 0 Å². The average molecular weight is 278 g/mol. The molecule has 0 aliphatic rings. The standard InChI is InChI=1S/C17H30N2O/c1-4-5-10-19(11-12-20)17-8-6-16(7-9-17)14-18-13-15(2)3/h6-9,15,18,20H,4-5,10-14H2,1-3H3. The summed E-state index contributed by atoms with van der Waals surface area (Å²) in [4.78, 5) is 2.26. The number of hydrogen-bond donors (Lipinski definition) is 2. The molecule has 0 amide bonds. The Balaban J connectivity index is 2.53. The van der Waals surface area contributed by atoms with Crippen LogP contribution in [-0.2, 0) is 6.54 Å². The van der Waals surface area contributed by atoms with Gasteiger partial charge in [0.05, 0.1) is 6.61 Å². The summed E-state index contributed by atoms with van der Waals surface area (Å²) in [5, 5.41) is 12.6. The lowest BCUT2D eigenvalue weighted by molar-refractivity contribution is 0.301. The first-order valence-electron chi connectivity index (χ1n) is 7.82. The van der Waals surface area contributed by atoms with Crippen molar-refractivity contribution in [3.8, 4) is 0 Å². The first kappa shape index (κ1) is 17.0. The van der Waals surface area contributed by atoms with Crippen LogP contribution in [0.5, 0.6) is 0 Å². The highest BCUT2D eigenvalue weighted by Crippen LogP contribution is 2.16. The third-order valence-corrected chi connectivity index (χ3v) is 3.33. The number of unbranched alkanes of at least 4 members (excludes halogenated alkanes) is 1. The molecular formula is C17H30N2O. The van der Waals surface area contributed by atoms with Crippen molar-refractivity contribution in [1.82, 2.24) is 5.32 Å². The van der Waals surface area contributed by atoms with E-state index in [0.29, 0.717) is 12.5 Å². The van der Waals surface area contributed by atoms with Gasteiger partial charge >= 0.3 is 0 Å². The Hall–Kier alpha value is -1.06. The van der Waals surface area contributed by atoms with Gasteiger partial charge in [0.2, 0.25) is 0 Å². The van der Waals surface area contributed by atoms with Crippen molar-refractivity contribution in [3.63, 3.8) is 0 Å². The molecule has 3 heteroatoms. The Morgan fingerprint density at radius 2 is 1.85 bits per heavy atom. The van der Waals surface area contributed by atoms with Crippen LogP contribution in [0.1, 0.15) is 39.2 Å². The minimum Gasteiger partial charge on any atom is -0.395 e. The summed E-state index contributed by atoms with van der Waals surface area (Å²) in [6, 6.07) is 8.69. The number of anilines is 1. The summed E-state index contributed by atoms with van der Waals surface area (Å²) in [6.07, 6.45) is 2.34. The van der Waals surface area contributed by atoms with Crippen molar-refractivity contribution < 1.29 is 5.11 Å². The maximum atomic E-state index is 9.17. The van der Waals surface area contributed by atoms with E-state index in [9.17, 15) is 0 Å². The molecule has 0 saturated carbocycles. The number of rotatable bonds is 10. The van der Waals surface area contributed by atoms with Gasteiger partial charge in [-0.15, -0.1) is 0 Å². The summed E-state index contributed by atoms with van der Waals surface area (Å²) in [5.74, 6) is 0.684. The second-order valence-electron chi connectivity index (χ2n) is 5.76. The molecule has 0 saturated heterocycles. The fourth-order valence-corrected chi connectivity index (χ4v) is 2.17. The molecule has 0 bridgehead atoms. The molecule has 0 radical (unpaired) electrons. The van der Waals surface area contributed by atoms with Crippen molar-refractivity contribution in [2.24, 2.45) is 5.92 Å². The molecule has 0 aromatic heterocycles. The van der Waals surface area contributed by atoms with Crippen molar-refractivity contribution >= 4 is 5.69 Å². The minimum absolute atomic E-state index is 0.210. The Morgan fingerprint density at radius 3 is 2.40 bits per heavy atom. The Kier molecular flexibility index (Phi) is 8.31. The Labute approximate surface area is 124 Å². The van der Waals surface area contributed by atoms with E-state index in [-0.39, 0.29) is 6.61 Å². The zero-order chi connectivity index (χ0) is 14.8. The Bertz CT molecular complexity index is 349. The van der Waals surface area contributed by atoms with Crippen LogP contribution in [0.15, 0.2) is 24.3 Å². The zero-order valence-electron chi connectivity index (χ0n) is 13.2. The topological polar surface area (TPSA) is 35.5 Å². The van der Waals surface area contributed by atoms with E-state index in [2.05, 4.69) is 55.3 Å². The monoisotopic (exact) mass is 278 g/mol. The molecular weight excluding hydrogens is 248 g/mol. The van der Waals surface area contributed by atoms with Gasteiger partial charge in [0.25, 0.3) is 0 Å². The molecule has 0 spiro atoms. The summed E-state index contributed by atoms with van der Waals surface area (Å²) in [6.45, 7) is 10.5. The van der Waals surface area contributed by atoms with Gasteiger partial charge in [-0.05, 0) is 36.6 Å². The highest BCUT2D eigenvalue weighted by molar-refractivity contribution is 5.47. The van der Waals surface area contributed by atoms with E-state index >= 15 is 0 Å². The van der Waals surface area contributed by atoms with Gasteiger partial charge in [0.15, 0.2) is 0 Å². The van der Waals surface area contributed by atoms with Gasteiger partial charge < -0.3 is 15.3 Å². The second-order valence-corrected chi connectivity index (χ2v) is 5.76. The third-order valence-electron chi connectivity index (χ3n) is 3.33. The van der Waals surface area contributed by atoms with E-state index < -0.39 is 0 Å². The number of aliphatic hydroxyl groups excluding tert-OH is 1. The van der Waals surface area contributed by atoms with Crippen LogP contribution in [0, 0.1) is 5.92 Å². The molecule has 2 N–H and O–H groups in total. The lowest BCUT2D eigenvalue weighted by Crippen LogP contribution is -2.27. The largest absolute Gasteiger partial charge is 0.395 e. The van der Waals surface area contributed by atoms with Crippen LogP contribution >= 0.6 is 0 Å². The average Bonchev–Trinajstić information content (AvgIpc) is 2.44. The van der Waals surface area contributed by atoms with Crippen LogP contribution in [0.25, 0.3) is 0 Å². The molecule has 20 heavy (non-hydrogen) atoms. The predicted molar refractivity (Wildman–Crippen MR) is 87.2 cm³/mol. The summed E-state index contributed by atoms with van der Waals surface area (Å²) < 4.78 is 0. The van der Waals surface area contributed by atoms with Gasteiger partial charge in [0, 0.05) is 25.3 Å². The molecule has 0 atom stereocenters. The van der Waals surface area contributed by atoms with E-state index in [1.165, 1.54) is 17.7 Å². The van der Waals surface area contributed by atoms with Crippen LogP contribution in [0.2, 0.25) is 0 Å². The summed E-state index contributed by atoms with van der Waals surface area (Å²) >= 11 is 0. The number of nitrogens with one attached hydrogen (secondary N) is 1. The quantitative estimate of drug-likeness (QED) is 0.690. The van der Waals surface area contributed by atoms with Crippen molar-refractivity contribution in [3.05, 3.63) is 29.8 Å². The van der Waals surface area contributed by atoms with Gasteiger partial charge in [-0.3, -0.25) is 0 Å². The molecule has 0 aliphatic heterocycles. The van der Waals surface area contributed by atoms with E-state index in [0.717, 1.165) is 26.1 Å². The van der Waals surface area contributed by atoms with Crippen LogP contribution < -0.4 is 10.2 Å². The summed E-state index contributed by atoms with van der Waals surface area (Å²) in [5.41, 5.74) is 2.52. The molecule has 0 unspecified atom stereocenters. The maximum Gasteiger partial charge on any atom is 0.0606 e. The molecule has 0 heterocycles. The highest BCUT2D eigenvalue weighted by Gasteiger charge is 2.05. The van der Waals surface area contributed by atoms with Crippen LogP contribution in [0.4, 0.5) is 5.69 Å². The van der Waals surface area contributed by atoms with Crippen LogP contribution in [0.3, 0.4) is 0 Å². The van der Waals surface area contributed by atoms with Gasteiger partial charge in [0.1, 0.15) is 0 Å².